The number of ether oxygens (including phenoxy) is 2. The fraction of sp³-hybridized carbons (Fsp3) is 0.316. The van der Waals surface area contributed by atoms with Crippen LogP contribution in [-0.4, -0.2) is 31.8 Å². The highest BCUT2D eigenvalue weighted by Gasteiger charge is 2.42. The molecule has 0 atom stereocenters. The molecule has 1 saturated heterocycles. The minimum absolute atomic E-state index is 0.00161. The van der Waals surface area contributed by atoms with Crippen LogP contribution in [-0.2, 0) is 27.4 Å². The number of phenolic OH excluding ortho intramolecular Hbond substituents is 1. The van der Waals surface area contributed by atoms with Crippen LogP contribution in [0.5, 0.6) is 11.5 Å². The van der Waals surface area contributed by atoms with Gasteiger partial charge in [-0.15, -0.1) is 0 Å². The van der Waals surface area contributed by atoms with Crippen LogP contribution in [0.15, 0.2) is 36.4 Å². The van der Waals surface area contributed by atoms with Gasteiger partial charge in [0.2, 0.25) is 6.41 Å². The van der Waals surface area contributed by atoms with Gasteiger partial charge in [-0.25, -0.2) is 4.39 Å². The lowest BCUT2D eigenvalue weighted by Crippen LogP contribution is -2.57. The number of carbonyl (C=O) groups is 1. The summed E-state index contributed by atoms with van der Waals surface area (Å²) in [5.74, 6) is 0.587. The number of rotatable bonds is 9. The topological polar surface area (TPSA) is 79.8 Å². The predicted octanol–water partition coefficient (Wildman–Crippen LogP) is 2.45. The molecule has 6 nitrogen and oxygen atoms in total. The predicted molar refractivity (Wildman–Crippen MR) is 101 cm³/mol. The lowest BCUT2D eigenvalue weighted by atomic mass is 9.87. The molecule has 0 unspecified atom stereocenters. The number of hydrogen-bond donors (Lipinski definition) is 3. The van der Waals surface area contributed by atoms with Crippen molar-refractivity contribution in [2.24, 2.45) is 0 Å². The number of halogens is 1. The molecule has 3 N–H and O–H groups in total. The molecule has 0 spiro atoms. The molecule has 0 saturated carbocycles. The van der Waals surface area contributed by atoms with E-state index in [-0.39, 0.29) is 18.2 Å². The fourth-order valence-electron chi connectivity index (χ4n) is 2.92. The van der Waals surface area contributed by atoms with Crippen molar-refractivity contribution in [2.45, 2.75) is 17.9 Å². The zero-order valence-electron chi connectivity index (χ0n) is 14.8. The van der Waals surface area contributed by atoms with Crippen LogP contribution in [0.4, 0.5) is 4.39 Å². The summed E-state index contributed by atoms with van der Waals surface area (Å²) in [6.45, 7) is 0.605. The van der Waals surface area contributed by atoms with Crippen LogP contribution in [0, 0.1) is 5.82 Å². The smallest absolute Gasteiger partial charge is 0.207 e. The Hall–Kier alpha value is -2.29. The van der Waals surface area contributed by atoms with Crippen LogP contribution >= 0.6 is 11.9 Å². The van der Waals surface area contributed by atoms with Gasteiger partial charge in [0.05, 0.1) is 13.2 Å². The Morgan fingerprint density at radius 2 is 2.11 bits per heavy atom. The number of aromatic hydroxyl groups is 1. The maximum absolute atomic E-state index is 14.7. The van der Waals surface area contributed by atoms with Gasteiger partial charge in [0.1, 0.15) is 29.5 Å². The zero-order valence-corrected chi connectivity index (χ0v) is 15.6. The zero-order chi connectivity index (χ0) is 19.3. The average Bonchev–Trinajstić information content (AvgIpc) is 2.63. The molecular weight excluding hydrogens is 371 g/mol. The first-order valence-electron chi connectivity index (χ1n) is 8.40. The van der Waals surface area contributed by atoms with Gasteiger partial charge >= 0.3 is 0 Å². The quantitative estimate of drug-likeness (QED) is 0.449. The SMILES string of the molecule is CNSCc1cccc(COc2cc(O)ccc2C2(NC=O)COC2)c1F. The fourth-order valence-corrected chi connectivity index (χ4v) is 3.45. The van der Waals surface area contributed by atoms with E-state index >= 15 is 0 Å². The van der Waals surface area contributed by atoms with E-state index in [1.807, 2.05) is 0 Å². The van der Waals surface area contributed by atoms with Crippen LogP contribution in [0.1, 0.15) is 16.7 Å². The molecule has 1 aliphatic rings. The second-order valence-electron chi connectivity index (χ2n) is 6.19. The molecule has 2 aromatic carbocycles. The van der Waals surface area contributed by atoms with Crippen LogP contribution in [0.2, 0.25) is 0 Å². The van der Waals surface area contributed by atoms with E-state index in [0.29, 0.717) is 47.8 Å². The van der Waals surface area contributed by atoms with Gasteiger partial charge in [0.15, 0.2) is 0 Å². The molecule has 1 heterocycles. The van der Waals surface area contributed by atoms with Gasteiger partial charge in [-0.05, 0) is 24.7 Å². The maximum atomic E-state index is 14.7. The molecule has 2 aromatic rings. The lowest BCUT2D eigenvalue weighted by molar-refractivity contribution is -0.122. The molecule has 0 radical (unpaired) electrons. The summed E-state index contributed by atoms with van der Waals surface area (Å²) in [5.41, 5.74) is 0.981. The van der Waals surface area contributed by atoms with Gasteiger partial charge in [0.25, 0.3) is 0 Å². The molecule has 144 valence electrons. The molecule has 8 heteroatoms. The second-order valence-corrected chi connectivity index (χ2v) is 7.17. The molecule has 1 amide bonds. The molecule has 0 bridgehead atoms. The number of amides is 1. The number of carbonyl (C=O) groups excluding carboxylic acids is 1. The lowest BCUT2D eigenvalue weighted by Gasteiger charge is -2.42. The van der Waals surface area contributed by atoms with Gasteiger partial charge in [0, 0.05) is 22.9 Å². The number of nitrogens with one attached hydrogen (secondary N) is 2. The highest BCUT2D eigenvalue weighted by Crippen LogP contribution is 2.38. The molecular formula is C19H21FN2O4S. The number of hydrogen-bond acceptors (Lipinski definition) is 6. The first kappa shape index (κ1) is 19.5. The number of benzene rings is 2. The van der Waals surface area contributed by atoms with E-state index in [2.05, 4.69) is 10.0 Å². The van der Waals surface area contributed by atoms with E-state index in [4.69, 9.17) is 9.47 Å². The largest absolute Gasteiger partial charge is 0.508 e. The summed E-state index contributed by atoms with van der Waals surface area (Å²) in [7, 11) is 1.78. The van der Waals surface area contributed by atoms with E-state index in [1.54, 1.807) is 31.3 Å². The highest BCUT2D eigenvalue weighted by molar-refractivity contribution is 7.96. The Bertz CT molecular complexity index is 814. The Labute approximate surface area is 161 Å². The minimum atomic E-state index is -0.700. The Kier molecular flexibility index (Phi) is 6.20. The summed E-state index contributed by atoms with van der Waals surface area (Å²) in [4.78, 5) is 11.0. The van der Waals surface area contributed by atoms with Crippen molar-refractivity contribution >= 4 is 18.4 Å². The van der Waals surface area contributed by atoms with E-state index in [0.717, 1.165) is 0 Å². The third-order valence-electron chi connectivity index (χ3n) is 4.43. The van der Waals surface area contributed by atoms with Gasteiger partial charge in [-0.2, -0.15) is 0 Å². The van der Waals surface area contributed by atoms with Crippen molar-refractivity contribution in [3.8, 4) is 11.5 Å². The monoisotopic (exact) mass is 392 g/mol. The van der Waals surface area contributed by atoms with Crippen LogP contribution in [0.3, 0.4) is 0 Å². The summed E-state index contributed by atoms with van der Waals surface area (Å²) in [5, 5.41) is 12.6. The molecule has 3 rings (SSSR count). The third-order valence-corrected chi connectivity index (χ3v) is 5.17. The maximum Gasteiger partial charge on any atom is 0.207 e. The van der Waals surface area contributed by atoms with Crippen molar-refractivity contribution in [3.05, 3.63) is 58.9 Å². The minimum Gasteiger partial charge on any atom is -0.508 e. The Morgan fingerprint density at radius 3 is 2.78 bits per heavy atom. The second kappa shape index (κ2) is 8.60. The van der Waals surface area contributed by atoms with Gasteiger partial charge in [-0.3, -0.25) is 9.52 Å². The Morgan fingerprint density at radius 1 is 1.33 bits per heavy atom. The molecule has 0 aromatic heterocycles. The Balaban J connectivity index is 1.82. The first-order valence-corrected chi connectivity index (χ1v) is 9.38. The summed E-state index contributed by atoms with van der Waals surface area (Å²) >= 11 is 1.40. The van der Waals surface area contributed by atoms with E-state index in [1.165, 1.54) is 24.1 Å². The molecule has 1 fully saturated rings. The summed E-state index contributed by atoms with van der Waals surface area (Å²) in [6, 6.07) is 9.84. The molecule has 1 aliphatic heterocycles. The molecule has 27 heavy (non-hydrogen) atoms. The van der Waals surface area contributed by atoms with Crippen molar-refractivity contribution < 1.29 is 23.8 Å². The van der Waals surface area contributed by atoms with Crippen LogP contribution < -0.4 is 14.8 Å². The molecule has 0 aliphatic carbocycles. The highest BCUT2D eigenvalue weighted by atomic mass is 32.2. The normalized spacial score (nSPS) is 15.0. The first-order chi connectivity index (χ1) is 13.1. The van der Waals surface area contributed by atoms with E-state index in [9.17, 15) is 14.3 Å². The standard InChI is InChI=1S/C19H21FN2O4S/c1-21-27-9-14-4-2-3-13(18(14)20)8-26-17-7-15(24)5-6-16(17)19(22-12-23)10-25-11-19/h2-7,12,21,24H,8-11H2,1H3,(H,22,23). The van der Waals surface area contributed by atoms with Gasteiger partial charge in [-0.1, -0.05) is 30.1 Å². The average molecular weight is 392 g/mol. The van der Waals surface area contributed by atoms with Crippen molar-refractivity contribution in [1.82, 2.24) is 10.0 Å². The number of phenols is 1. The van der Waals surface area contributed by atoms with Crippen molar-refractivity contribution in [2.75, 3.05) is 20.3 Å². The summed E-state index contributed by atoms with van der Waals surface area (Å²) < 4.78 is 28.7. The van der Waals surface area contributed by atoms with Gasteiger partial charge < -0.3 is 19.9 Å². The van der Waals surface area contributed by atoms with Crippen LogP contribution in [0.25, 0.3) is 0 Å². The van der Waals surface area contributed by atoms with Crippen molar-refractivity contribution in [3.63, 3.8) is 0 Å². The summed E-state index contributed by atoms with van der Waals surface area (Å²) in [6.07, 6.45) is 0.613. The third kappa shape index (κ3) is 4.18. The van der Waals surface area contributed by atoms with Crippen molar-refractivity contribution in [1.29, 1.82) is 0 Å². The van der Waals surface area contributed by atoms with E-state index < -0.39 is 5.54 Å².